The summed E-state index contributed by atoms with van der Waals surface area (Å²) in [6, 6.07) is -0.137. The Morgan fingerprint density at radius 1 is 1.00 bits per heavy atom. The molecule has 6 rings (SSSR count). The van der Waals surface area contributed by atoms with Crippen LogP contribution >= 0.6 is 0 Å². The van der Waals surface area contributed by atoms with Crippen LogP contribution in [-0.4, -0.2) is 76.7 Å². The van der Waals surface area contributed by atoms with E-state index in [1.54, 1.807) is 5.57 Å². The maximum atomic E-state index is 13.5. The number of hydroxylamine groups is 1. The van der Waals surface area contributed by atoms with Gasteiger partial charge in [0.05, 0.1) is 12.3 Å². The van der Waals surface area contributed by atoms with E-state index >= 15 is 0 Å². The van der Waals surface area contributed by atoms with E-state index in [-0.39, 0.29) is 61.5 Å². The van der Waals surface area contributed by atoms with Crippen molar-refractivity contribution in [1.29, 1.82) is 0 Å². The molecule has 0 aromatic heterocycles. The van der Waals surface area contributed by atoms with Crippen LogP contribution in [0.25, 0.3) is 0 Å². The third-order valence-corrected chi connectivity index (χ3v) is 12.1. The standard InChI is InChI=1S/C39H57FN4O6/c1-24-2-6-26(7-3-24)27-10-12-29(13-11-27)38-42-37(43-50-38)28-8-4-25(5-9-28)22-44(23-36(47)48)39(49)30-15-18-33(19-16-30)41-35(46)20-31-14-17-32(40)21-34(31)45/h4-5,8,10,15,24,26,28-29,31-34,37-38,42-43,45H,2-3,6-7,9,11-14,16-23H2,1H3,(H,41,46)(H,47,48). The fourth-order valence-corrected chi connectivity index (χ4v) is 8.90. The number of aliphatic carboxylic acids is 1. The number of nitrogens with one attached hydrogen (secondary N) is 3. The summed E-state index contributed by atoms with van der Waals surface area (Å²) < 4.78 is 13.5. The van der Waals surface area contributed by atoms with Crippen LogP contribution in [0.15, 0.2) is 47.1 Å². The molecule has 50 heavy (non-hydrogen) atoms. The summed E-state index contributed by atoms with van der Waals surface area (Å²) in [6.07, 6.45) is 20.7. The zero-order valence-corrected chi connectivity index (χ0v) is 29.5. The highest BCUT2D eigenvalue weighted by Crippen LogP contribution is 2.39. The van der Waals surface area contributed by atoms with E-state index in [4.69, 9.17) is 4.84 Å². The summed E-state index contributed by atoms with van der Waals surface area (Å²) in [5.41, 5.74) is 6.35. The number of carbonyl (C=O) groups is 3. The molecular weight excluding hydrogens is 639 g/mol. The largest absolute Gasteiger partial charge is 0.480 e. The number of nitrogens with zero attached hydrogens (tertiary/aromatic N) is 1. The van der Waals surface area contributed by atoms with Crippen LogP contribution < -0.4 is 16.1 Å². The van der Waals surface area contributed by atoms with Crippen molar-refractivity contribution in [1.82, 2.24) is 21.0 Å². The Morgan fingerprint density at radius 2 is 1.82 bits per heavy atom. The van der Waals surface area contributed by atoms with Crippen molar-refractivity contribution in [2.45, 2.75) is 134 Å². The second-order valence-corrected chi connectivity index (χ2v) is 15.9. The third kappa shape index (κ3) is 9.72. The van der Waals surface area contributed by atoms with E-state index in [0.717, 1.165) is 36.7 Å². The summed E-state index contributed by atoms with van der Waals surface area (Å²) >= 11 is 0. The Hall–Kier alpha value is -2.86. The van der Waals surface area contributed by atoms with Gasteiger partial charge >= 0.3 is 5.97 Å². The zero-order chi connectivity index (χ0) is 35.2. The molecule has 3 fully saturated rings. The molecule has 1 aliphatic heterocycles. The normalized spacial score (nSPS) is 36.2. The maximum Gasteiger partial charge on any atom is 0.323 e. The molecule has 8 atom stereocenters. The molecule has 2 amide bonds. The van der Waals surface area contributed by atoms with Gasteiger partial charge in [-0.15, -0.1) is 0 Å². The van der Waals surface area contributed by atoms with Crippen LogP contribution in [0.2, 0.25) is 0 Å². The first kappa shape index (κ1) is 36.9. The summed E-state index contributed by atoms with van der Waals surface area (Å²) in [5.74, 6) is 0.489. The number of aliphatic hydroxyl groups excluding tert-OH is 1. The molecule has 2 saturated carbocycles. The van der Waals surface area contributed by atoms with Gasteiger partial charge in [-0.3, -0.25) is 24.5 Å². The summed E-state index contributed by atoms with van der Waals surface area (Å²) in [5, 5.41) is 26.4. The number of hydrogen-bond donors (Lipinski definition) is 5. The highest BCUT2D eigenvalue weighted by atomic mass is 19.1. The highest BCUT2D eigenvalue weighted by molar-refractivity contribution is 5.95. The predicted octanol–water partition coefficient (Wildman–Crippen LogP) is 5.22. The van der Waals surface area contributed by atoms with Gasteiger partial charge in [0.15, 0.2) is 0 Å². The molecule has 276 valence electrons. The molecule has 10 nitrogen and oxygen atoms in total. The van der Waals surface area contributed by atoms with E-state index in [1.807, 2.05) is 12.2 Å². The minimum atomic E-state index is -1.07. The lowest BCUT2D eigenvalue weighted by Crippen LogP contribution is -2.42. The molecule has 0 aromatic carbocycles. The molecule has 1 heterocycles. The number of carbonyl (C=O) groups excluding carboxylic acids is 2. The van der Waals surface area contributed by atoms with Crippen molar-refractivity contribution in [3.63, 3.8) is 0 Å². The van der Waals surface area contributed by atoms with Crippen molar-refractivity contribution >= 4 is 17.8 Å². The van der Waals surface area contributed by atoms with Crippen molar-refractivity contribution in [3.8, 4) is 0 Å². The van der Waals surface area contributed by atoms with Gasteiger partial charge < -0.3 is 20.4 Å². The molecule has 11 heteroatoms. The quantitative estimate of drug-likeness (QED) is 0.186. The fourth-order valence-electron chi connectivity index (χ4n) is 8.90. The van der Waals surface area contributed by atoms with E-state index in [9.17, 15) is 29.0 Å². The average molecular weight is 697 g/mol. The number of carboxylic acid groups (broad SMARTS) is 1. The Kier molecular flexibility index (Phi) is 12.6. The Labute approximate surface area is 296 Å². The van der Waals surface area contributed by atoms with Crippen molar-refractivity contribution in [2.75, 3.05) is 13.1 Å². The van der Waals surface area contributed by atoms with Gasteiger partial charge in [-0.05, 0) is 94.0 Å². The van der Waals surface area contributed by atoms with Gasteiger partial charge in [-0.2, -0.15) is 5.48 Å². The van der Waals surface area contributed by atoms with Crippen LogP contribution in [0.5, 0.6) is 0 Å². The van der Waals surface area contributed by atoms with Crippen molar-refractivity contribution in [3.05, 3.63) is 47.1 Å². The van der Waals surface area contributed by atoms with Crippen LogP contribution in [0.3, 0.4) is 0 Å². The van der Waals surface area contributed by atoms with Crippen LogP contribution in [0.4, 0.5) is 4.39 Å². The number of rotatable bonds is 11. The number of alkyl halides is 1. The number of carboxylic acids is 1. The molecule has 0 spiro atoms. The first-order valence-corrected chi connectivity index (χ1v) is 19.2. The smallest absolute Gasteiger partial charge is 0.323 e. The molecule has 1 saturated heterocycles. The maximum absolute atomic E-state index is 13.5. The molecule has 5 aliphatic carbocycles. The molecule has 0 bridgehead atoms. The summed E-state index contributed by atoms with van der Waals surface area (Å²) in [7, 11) is 0. The van der Waals surface area contributed by atoms with E-state index in [1.165, 1.54) is 37.0 Å². The van der Waals surface area contributed by atoms with Gasteiger partial charge in [-0.25, -0.2) is 4.39 Å². The lowest BCUT2D eigenvalue weighted by molar-refractivity contribution is -0.142. The number of allylic oxidation sites excluding steroid dienone is 3. The monoisotopic (exact) mass is 696 g/mol. The minimum absolute atomic E-state index is 0.0212. The Bertz CT molecular complexity index is 1360. The van der Waals surface area contributed by atoms with Gasteiger partial charge in [0.1, 0.15) is 18.9 Å². The predicted molar refractivity (Wildman–Crippen MR) is 188 cm³/mol. The zero-order valence-electron chi connectivity index (χ0n) is 29.5. The number of aliphatic hydroxyl groups is 1. The lowest BCUT2D eigenvalue weighted by atomic mass is 9.75. The van der Waals surface area contributed by atoms with Crippen LogP contribution in [0, 0.1) is 29.6 Å². The first-order chi connectivity index (χ1) is 24.1. The SMILES string of the molecule is CC1CCC(C2=CCC(C3NC(C4C=CC(CN(CC(=O)O)C(=O)C5=CCC(NC(=O)CC6CCC(F)CC6O)CC5)=CC4)NO3)CC2)CC1. The van der Waals surface area contributed by atoms with E-state index in [2.05, 4.69) is 41.3 Å². The van der Waals surface area contributed by atoms with Crippen LogP contribution in [-0.2, 0) is 19.2 Å². The molecule has 8 unspecified atom stereocenters. The van der Waals surface area contributed by atoms with E-state index in [0.29, 0.717) is 43.6 Å². The van der Waals surface area contributed by atoms with Gasteiger partial charge in [0, 0.05) is 42.8 Å². The van der Waals surface area contributed by atoms with Gasteiger partial charge in [0.25, 0.3) is 0 Å². The van der Waals surface area contributed by atoms with Crippen LogP contribution in [0.1, 0.15) is 103 Å². The molecule has 0 aromatic rings. The summed E-state index contributed by atoms with van der Waals surface area (Å²) in [6.45, 7) is 2.18. The summed E-state index contributed by atoms with van der Waals surface area (Å²) in [4.78, 5) is 45.3. The van der Waals surface area contributed by atoms with Gasteiger partial charge in [0.2, 0.25) is 11.8 Å². The molecular formula is C39H57FN4O6. The lowest BCUT2D eigenvalue weighted by Gasteiger charge is -2.33. The number of amides is 2. The molecule has 0 radical (unpaired) electrons. The fraction of sp³-hybridized carbons (Fsp3) is 0.718. The topological polar surface area (TPSA) is 140 Å². The van der Waals surface area contributed by atoms with Gasteiger partial charge in [-0.1, -0.05) is 55.7 Å². The highest BCUT2D eigenvalue weighted by Gasteiger charge is 2.37. The Balaban J connectivity index is 0.947. The second kappa shape index (κ2) is 17.1. The van der Waals surface area contributed by atoms with E-state index < -0.39 is 24.8 Å². The Morgan fingerprint density at radius 3 is 2.48 bits per heavy atom. The molecule has 6 aliphatic rings. The second-order valence-electron chi connectivity index (χ2n) is 15.9. The molecule has 5 N–H and O–H groups in total. The first-order valence-electron chi connectivity index (χ1n) is 19.2. The minimum Gasteiger partial charge on any atom is -0.480 e. The van der Waals surface area contributed by atoms with Crippen molar-refractivity contribution < 1.29 is 33.8 Å². The average Bonchev–Trinajstić information content (AvgIpc) is 3.60. The number of hydrogen-bond acceptors (Lipinski definition) is 7. The number of halogens is 1. The van der Waals surface area contributed by atoms with Crippen molar-refractivity contribution in [2.24, 2.45) is 29.6 Å². The third-order valence-electron chi connectivity index (χ3n) is 12.1.